The molecular formula is C40H29BrN2O4S. The number of carbonyl (C=O) groups excluding carboxylic acids is 3. The van der Waals surface area contributed by atoms with Gasteiger partial charge < -0.3 is 15.1 Å². The van der Waals surface area contributed by atoms with E-state index in [1.807, 2.05) is 103 Å². The molecule has 2 amide bonds. The number of thioether (sulfide) groups is 1. The van der Waals surface area contributed by atoms with Crippen molar-refractivity contribution in [2.75, 3.05) is 11.1 Å². The summed E-state index contributed by atoms with van der Waals surface area (Å²) >= 11 is 4.86. The van der Waals surface area contributed by atoms with Gasteiger partial charge in [-0.05, 0) is 71.8 Å². The number of amides is 2. The standard InChI is InChI=1S/C40H29BrN2O4S/c41-32-17-15-30(16-18-32)38-24-21-34(47-38)25-36(43-39(45)31-9-5-2-6-10-31)40(46)42-33-19-22-35(23-20-33)48-26-37(44)29-13-11-28(12-14-29)27-7-3-1-4-8-27/h1-25H,26H2,(H,42,46)(H,43,45)/b36-25-. The third-order valence-corrected chi connectivity index (χ3v) is 8.91. The van der Waals surface area contributed by atoms with E-state index in [9.17, 15) is 14.4 Å². The second-order valence-electron chi connectivity index (χ2n) is 10.7. The zero-order valence-electron chi connectivity index (χ0n) is 25.6. The van der Waals surface area contributed by atoms with Crippen molar-refractivity contribution in [2.24, 2.45) is 0 Å². The first kappa shape index (κ1) is 32.5. The number of Topliss-reactive ketones (excluding diaryl/α,β-unsaturated/α-hetero) is 1. The Morgan fingerprint density at radius 3 is 1.96 bits per heavy atom. The lowest BCUT2D eigenvalue weighted by atomic mass is 10.0. The SMILES string of the molecule is O=C(Nc1ccc(SCC(=O)c2ccc(-c3ccccc3)cc2)cc1)/C(=C/c1ccc(-c2ccc(Br)cc2)o1)NC(=O)c1ccccc1. The molecule has 0 aliphatic heterocycles. The van der Waals surface area contributed by atoms with Gasteiger partial charge in [0.05, 0.1) is 5.75 Å². The quantitative estimate of drug-likeness (QED) is 0.0793. The van der Waals surface area contributed by atoms with Crippen molar-refractivity contribution < 1.29 is 18.8 Å². The predicted octanol–water partition coefficient (Wildman–Crippen LogP) is 9.76. The molecule has 0 saturated heterocycles. The minimum absolute atomic E-state index is 0.0166. The first-order valence-electron chi connectivity index (χ1n) is 15.1. The van der Waals surface area contributed by atoms with Crippen LogP contribution in [0.5, 0.6) is 0 Å². The first-order valence-corrected chi connectivity index (χ1v) is 16.9. The highest BCUT2D eigenvalue weighted by molar-refractivity contribution is 9.10. The average molecular weight is 714 g/mol. The number of carbonyl (C=O) groups is 3. The Morgan fingerprint density at radius 1 is 0.646 bits per heavy atom. The summed E-state index contributed by atoms with van der Waals surface area (Å²) in [4.78, 5) is 40.2. The maximum atomic E-state index is 13.5. The number of halogens is 1. The predicted molar refractivity (Wildman–Crippen MR) is 196 cm³/mol. The molecule has 0 atom stereocenters. The summed E-state index contributed by atoms with van der Waals surface area (Å²) in [6.07, 6.45) is 1.50. The van der Waals surface area contributed by atoms with Crippen LogP contribution in [0.3, 0.4) is 0 Å². The van der Waals surface area contributed by atoms with Crippen molar-refractivity contribution in [3.05, 3.63) is 173 Å². The molecule has 0 unspecified atom stereocenters. The van der Waals surface area contributed by atoms with E-state index in [1.54, 1.807) is 42.5 Å². The van der Waals surface area contributed by atoms with Crippen LogP contribution in [-0.4, -0.2) is 23.4 Å². The fourth-order valence-electron chi connectivity index (χ4n) is 4.83. The van der Waals surface area contributed by atoms with Crippen LogP contribution in [-0.2, 0) is 4.79 Å². The third kappa shape index (κ3) is 8.47. The molecule has 5 aromatic carbocycles. The van der Waals surface area contributed by atoms with E-state index >= 15 is 0 Å². The molecule has 0 aliphatic rings. The van der Waals surface area contributed by atoms with Crippen LogP contribution in [0.1, 0.15) is 26.5 Å². The molecule has 0 spiro atoms. The number of anilines is 1. The zero-order chi connectivity index (χ0) is 33.3. The topological polar surface area (TPSA) is 88.4 Å². The van der Waals surface area contributed by atoms with Crippen molar-refractivity contribution in [2.45, 2.75) is 4.90 Å². The van der Waals surface area contributed by atoms with Crippen LogP contribution < -0.4 is 10.6 Å². The number of benzene rings is 5. The third-order valence-electron chi connectivity index (χ3n) is 7.37. The van der Waals surface area contributed by atoms with E-state index in [2.05, 4.69) is 26.6 Å². The Morgan fingerprint density at radius 2 is 1.27 bits per heavy atom. The number of nitrogens with one attached hydrogen (secondary N) is 2. The lowest BCUT2D eigenvalue weighted by Gasteiger charge is -2.11. The molecule has 0 saturated carbocycles. The summed E-state index contributed by atoms with van der Waals surface area (Å²) in [6.45, 7) is 0. The van der Waals surface area contributed by atoms with E-state index in [-0.39, 0.29) is 17.2 Å². The Hall–Kier alpha value is -5.44. The van der Waals surface area contributed by atoms with Crippen LogP contribution >= 0.6 is 27.7 Å². The average Bonchev–Trinajstić information content (AvgIpc) is 3.60. The second-order valence-corrected chi connectivity index (χ2v) is 12.7. The highest BCUT2D eigenvalue weighted by Crippen LogP contribution is 2.26. The number of hydrogen-bond donors (Lipinski definition) is 2. The molecule has 1 aromatic heterocycles. The molecular weight excluding hydrogens is 684 g/mol. The minimum Gasteiger partial charge on any atom is -0.457 e. The zero-order valence-corrected chi connectivity index (χ0v) is 28.0. The Balaban J connectivity index is 1.11. The van der Waals surface area contributed by atoms with Crippen LogP contribution in [0.2, 0.25) is 0 Å². The maximum absolute atomic E-state index is 13.5. The molecule has 0 aliphatic carbocycles. The molecule has 6 rings (SSSR count). The Labute approximate surface area is 291 Å². The highest BCUT2D eigenvalue weighted by Gasteiger charge is 2.17. The summed E-state index contributed by atoms with van der Waals surface area (Å²) in [5.41, 5.74) is 4.65. The molecule has 1 heterocycles. The Bertz CT molecular complexity index is 2060. The number of hydrogen-bond acceptors (Lipinski definition) is 5. The van der Waals surface area contributed by atoms with E-state index in [1.165, 1.54) is 17.8 Å². The number of ketones is 1. The van der Waals surface area contributed by atoms with Gasteiger partial charge in [0.2, 0.25) is 0 Å². The van der Waals surface area contributed by atoms with E-state index < -0.39 is 11.8 Å². The molecule has 2 N–H and O–H groups in total. The first-order chi connectivity index (χ1) is 23.4. The van der Waals surface area contributed by atoms with Crippen LogP contribution in [0, 0.1) is 0 Å². The second kappa shape index (κ2) is 15.4. The van der Waals surface area contributed by atoms with Crippen molar-refractivity contribution in [3.63, 3.8) is 0 Å². The van der Waals surface area contributed by atoms with Gasteiger partial charge in [0, 0.05) is 37.8 Å². The van der Waals surface area contributed by atoms with Crippen molar-refractivity contribution in [1.29, 1.82) is 0 Å². The largest absolute Gasteiger partial charge is 0.457 e. The van der Waals surface area contributed by atoms with Crippen molar-refractivity contribution in [1.82, 2.24) is 5.32 Å². The van der Waals surface area contributed by atoms with E-state index in [0.29, 0.717) is 28.3 Å². The summed E-state index contributed by atoms with van der Waals surface area (Å²) in [7, 11) is 0. The van der Waals surface area contributed by atoms with Gasteiger partial charge in [-0.2, -0.15) is 0 Å². The molecule has 6 nitrogen and oxygen atoms in total. The molecule has 236 valence electrons. The summed E-state index contributed by atoms with van der Waals surface area (Å²) in [6, 6.07) is 44.8. The van der Waals surface area contributed by atoms with Gasteiger partial charge in [-0.25, -0.2) is 0 Å². The van der Waals surface area contributed by atoms with E-state index in [0.717, 1.165) is 26.1 Å². The smallest absolute Gasteiger partial charge is 0.272 e. The summed E-state index contributed by atoms with van der Waals surface area (Å²) < 4.78 is 6.94. The van der Waals surface area contributed by atoms with Crippen LogP contribution in [0.15, 0.2) is 165 Å². The lowest BCUT2D eigenvalue weighted by Crippen LogP contribution is -2.30. The number of rotatable bonds is 11. The fourth-order valence-corrected chi connectivity index (χ4v) is 5.89. The molecule has 8 heteroatoms. The molecule has 0 bridgehead atoms. The maximum Gasteiger partial charge on any atom is 0.272 e. The summed E-state index contributed by atoms with van der Waals surface area (Å²) in [5.74, 6) is 0.386. The monoisotopic (exact) mass is 712 g/mol. The highest BCUT2D eigenvalue weighted by atomic mass is 79.9. The molecule has 6 aromatic rings. The number of furan rings is 1. The molecule has 0 fully saturated rings. The Kier molecular flexibility index (Phi) is 10.4. The summed E-state index contributed by atoms with van der Waals surface area (Å²) in [5, 5.41) is 5.59. The fraction of sp³-hybridized carbons (Fsp3) is 0.0250. The van der Waals surface area contributed by atoms with Gasteiger partial charge in [-0.3, -0.25) is 14.4 Å². The van der Waals surface area contributed by atoms with Crippen molar-refractivity contribution >= 4 is 57.1 Å². The minimum atomic E-state index is -0.518. The van der Waals surface area contributed by atoms with Gasteiger partial charge in [-0.1, -0.05) is 101 Å². The van der Waals surface area contributed by atoms with Crippen LogP contribution in [0.4, 0.5) is 5.69 Å². The van der Waals surface area contributed by atoms with E-state index in [4.69, 9.17) is 4.42 Å². The van der Waals surface area contributed by atoms with Crippen molar-refractivity contribution in [3.8, 4) is 22.5 Å². The van der Waals surface area contributed by atoms with Gasteiger partial charge in [0.1, 0.15) is 17.2 Å². The van der Waals surface area contributed by atoms with Gasteiger partial charge in [-0.15, -0.1) is 11.8 Å². The van der Waals surface area contributed by atoms with Gasteiger partial charge in [0.15, 0.2) is 5.78 Å². The lowest BCUT2D eigenvalue weighted by molar-refractivity contribution is -0.113. The normalized spacial score (nSPS) is 11.1. The molecule has 48 heavy (non-hydrogen) atoms. The van der Waals surface area contributed by atoms with Gasteiger partial charge >= 0.3 is 0 Å². The van der Waals surface area contributed by atoms with Crippen LogP contribution in [0.25, 0.3) is 28.5 Å². The van der Waals surface area contributed by atoms with Gasteiger partial charge in [0.25, 0.3) is 11.8 Å². The molecule has 0 radical (unpaired) electrons.